The fourth-order valence-corrected chi connectivity index (χ4v) is 3.72. The molecular weight excluding hydrogens is 250 g/mol. The number of aromatic nitrogens is 2. The van der Waals surface area contributed by atoms with Crippen LogP contribution in [0.15, 0.2) is 6.20 Å². The average Bonchev–Trinajstić information content (AvgIpc) is 2.98. The van der Waals surface area contributed by atoms with Crippen LogP contribution in [0, 0.1) is 11.3 Å². The van der Waals surface area contributed by atoms with E-state index < -0.39 is 0 Å². The maximum Gasteiger partial charge on any atom is 0.161 e. The van der Waals surface area contributed by atoms with Gasteiger partial charge in [0.2, 0.25) is 0 Å². The monoisotopic (exact) mass is 279 g/mol. The molecule has 1 saturated carbocycles. The second-order valence-electron chi connectivity index (χ2n) is 6.44. The van der Waals surface area contributed by atoms with Gasteiger partial charge in [0.05, 0.1) is 25.0 Å². The van der Waals surface area contributed by atoms with E-state index in [9.17, 15) is 0 Å². The minimum absolute atomic E-state index is 0.329. The molecule has 114 valence electrons. The summed E-state index contributed by atoms with van der Waals surface area (Å²) >= 11 is 0. The molecule has 2 atom stereocenters. The molecular formula is C16H29N3O. The van der Waals surface area contributed by atoms with Crippen molar-refractivity contribution in [3.8, 4) is 5.75 Å². The molecule has 4 nitrogen and oxygen atoms in total. The highest BCUT2D eigenvalue weighted by Crippen LogP contribution is 2.49. The molecule has 1 heterocycles. The highest BCUT2D eigenvalue weighted by Gasteiger charge is 2.41. The van der Waals surface area contributed by atoms with Gasteiger partial charge in [-0.2, -0.15) is 5.10 Å². The molecule has 0 amide bonds. The molecule has 0 aliphatic heterocycles. The van der Waals surface area contributed by atoms with Gasteiger partial charge in [0.1, 0.15) is 0 Å². The van der Waals surface area contributed by atoms with Gasteiger partial charge in [-0.1, -0.05) is 27.2 Å². The molecule has 1 aromatic heterocycles. The maximum atomic E-state index is 5.56. The van der Waals surface area contributed by atoms with Gasteiger partial charge in [0.25, 0.3) is 0 Å². The van der Waals surface area contributed by atoms with Crippen molar-refractivity contribution < 1.29 is 4.74 Å². The molecule has 1 aliphatic carbocycles. The van der Waals surface area contributed by atoms with E-state index in [1.807, 2.05) is 6.20 Å². The summed E-state index contributed by atoms with van der Waals surface area (Å²) < 4.78 is 7.64. The molecule has 1 fully saturated rings. The van der Waals surface area contributed by atoms with Gasteiger partial charge < -0.3 is 10.1 Å². The lowest BCUT2D eigenvalue weighted by atomic mass is 9.76. The van der Waals surface area contributed by atoms with Crippen LogP contribution in [-0.2, 0) is 6.54 Å². The van der Waals surface area contributed by atoms with Crippen molar-refractivity contribution in [2.45, 2.75) is 59.5 Å². The summed E-state index contributed by atoms with van der Waals surface area (Å²) in [7, 11) is 1.74. The average molecular weight is 279 g/mol. The minimum atomic E-state index is 0.329. The van der Waals surface area contributed by atoms with Crippen molar-refractivity contribution in [3.05, 3.63) is 11.9 Å². The summed E-state index contributed by atoms with van der Waals surface area (Å²) in [5.41, 5.74) is 1.59. The van der Waals surface area contributed by atoms with Crippen molar-refractivity contribution >= 4 is 0 Å². The van der Waals surface area contributed by atoms with Gasteiger partial charge in [0.15, 0.2) is 5.75 Å². The maximum absolute atomic E-state index is 5.56. The molecule has 0 aromatic carbocycles. The van der Waals surface area contributed by atoms with E-state index in [4.69, 9.17) is 4.74 Å². The second-order valence-corrected chi connectivity index (χ2v) is 6.44. The molecule has 2 unspecified atom stereocenters. The molecule has 20 heavy (non-hydrogen) atoms. The highest BCUT2D eigenvalue weighted by molar-refractivity contribution is 5.29. The molecule has 0 saturated heterocycles. The predicted molar refractivity (Wildman–Crippen MR) is 82.0 cm³/mol. The SMILES string of the molecule is CCNC(c1c(OC)cnn1CC)C1CCCC1(C)C. The summed E-state index contributed by atoms with van der Waals surface area (Å²) in [5, 5.41) is 8.17. The lowest BCUT2D eigenvalue weighted by Gasteiger charge is -2.35. The van der Waals surface area contributed by atoms with E-state index in [1.165, 1.54) is 25.0 Å². The number of hydrogen-bond donors (Lipinski definition) is 1. The minimum Gasteiger partial charge on any atom is -0.493 e. The van der Waals surface area contributed by atoms with E-state index in [2.05, 4.69) is 42.8 Å². The fraction of sp³-hybridized carbons (Fsp3) is 0.812. The van der Waals surface area contributed by atoms with Crippen LogP contribution in [0.25, 0.3) is 0 Å². The van der Waals surface area contributed by atoms with Crippen molar-refractivity contribution in [2.24, 2.45) is 11.3 Å². The lowest BCUT2D eigenvalue weighted by molar-refractivity contribution is 0.190. The first-order valence-electron chi connectivity index (χ1n) is 7.88. The lowest BCUT2D eigenvalue weighted by Crippen LogP contribution is -2.35. The molecule has 0 spiro atoms. The van der Waals surface area contributed by atoms with Crippen molar-refractivity contribution in [3.63, 3.8) is 0 Å². The predicted octanol–water partition coefficient (Wildman–Crippen LogP) is 3.39. The normalized spacial score (nSPS) is 22.9. The molecule has 1 aliphatic rings. The highest BCUT2D eigenvalue weighted by atomic mass is 16.5. The number of rotatable bonds is 6. The number of ether oxygens (including phenoxy) is 1. The molecule has 0 radical (unpaired) electrons. The van der Waals surface area contributed by atoms with E-state index in [1.54, 1.807) is 7.11 Å². The van der Waals surface area contributed by atoms with Gasteiger partial charge in [-0.05, 0) is 37.6 Å². The zero-order chi connectivity index (χ0) is 14.8. The molecule has 1 N–H and O–H groups in total. The molecule has 2 rings (SSSR count). The fourth-order valence-electron chi connectivity index (χ4n) is 3.72. The largest absolute Gasteiger partial charge is 0.493 e. The third kappa shape index (κ3) is 2.71. The summed E-state index contributed by atoms with van der Waals surface area (Å²) in [6.45, 7) is 11.0. The Morgan fingerprint density at radius 3 is 2.75 bits per heavy atom. The Labute approximate surface area is 122 Å². The van der Waals surface area contributed by atoms with E-state index in [-0.39, 0.29) is 0 Å². The molecule has 4 heteroatoms. The smallest absolute Gasteiger partial charge is 0.161 e. The van der Waals surface area contributed by atoms with E-state index in [0.717, 1.165) is 18.8 Å². The topological polar surface area (TPSA) is 39.1 Å². The Hall–Kier alpha value is -1.03. The van der Waals surface area contributed by atoms with Gasteiger partial charge in [-0.25, -0.2) is 0 Å². The third-order valence-corrected chi connectivity index (χ3v) is 4.83. The Kier molecular flexibility index (Phi) is 4.74. The number of aryl methyl sites for hydroxylation is 1. The van der Waals surface area contributed by atoms with Crippen LogP contribution >= 0.6 is 0 Å². The molecule has 1 aromatic rings. The van der Waals surface area contributed by atoms with Crippen LogP contribution in [-0.4, -0.2) is 23.4 Å². The first-order chi connectivity index (χ1) is 9.55. The third-order valence-electron chi connectivity index (χ3n) is 4.83. The van der Waals surface area contributed by atoms with Gasteiger partial charge >= 0.3 is 0 Å². The first-order valence-corrected chi connectivity index (χ1v) is 7.88. The summed E-state index contributed by atoms with van der Waals surface area (Å²) in [4.78, 5) is 0. The number of methoxy groups -OCH3 is 1. The standard InChI is InChI=1S/C16H29N3O/c1-6-17-14(12-9-8-10-16(12,3)4)15-13(20-5)11-18-19(15)7-2/h11-12,14,17H,6-10H2,1-5H3. The first kappa shape index (κ1) is 15.4. The van der Waals surface area contributed by atoms with Crippen molar-refractivity contribution in [1.29, 1.82) is 0 Å². The molecule has 0 bridgehead atoms. The van der Waals surface area contributed by atoms with E-state index in [0.29, 0.717) is 17.4 Å². The van der Waals surface area contributed by atoms with Crippen LogP contribution in [0.3, 0.4) is 0 Å². The zero-order valence-electron chi connectivity index (χ0n) is 13.6. The quantitative estimate of drug-likeness (QED) is 0.867. The number of nitrogens with one attached hydrogen (secondary N) is 1. The Balaban J connectivity index is 2.40. The second kappa shape index (κ2) is 6.17. The van der Waals surface area contributed by atoms with Crippen LogP contribution in [0.1, 0.15) is 58.7 Å². The van der Waals surface area contributed by atoms with Gasteiger partial charge in [-0.15, -0.1) is 0 Å². The van der Waals surface area contributed by atoms with Crippen LogP contribution in [0.2, 0.25) is 0 Å². The zero-order valence-corrected chi connectivity index (χ0v) is 13.6. The van der Waals surface area contributed by atoms with Crippen molar-refractivity contribution in [2.75, 3.05) is 13.7 Å². The Morgan fingerprint density at radius 2 is 2.25 bits per heavy atom. The summed E-state index contributed by atoms with van der Waals surface area (Å²) in [6, 6.07) is 0.329. The summed E-state index contributed by atoms with van der Waals surface area (Å²) in [5.74, 6) is 1.55. The van der Waals surface area contributed by atoms with Crippen LogP contribution < -0.4 is 10.1 Å². The van der Waals surface area contributed by atoms with Crippen LogP contribution in [0.5, 0.6) is 5.75 Å². The van der Waals surface area contributed by atoms with Gasteiger partial charge in [-0.3, -0.25) is 4.68 Å². The number of hydrogen-bond acceptors (Lipinski definition) is 3. The van der Waals surface area contributed by atoms with Crippen LogP contribution in [0.4, 0.5) is 0 Å². The summed E-state index contributed by atoms with van der Waals surface area (Å²) in [6.07, 6.45) is 5.76. The Bertz CT molecular complexity index is 417. The van der Waals surface area contributed by atoms with E-state index >= 15 is 0 Å². The Morgan fingerprint density at radius 1 is 1.50 bits per heavy atom. The number of nitrogens with zero attached hydrogens (tertiary/aromatic N) is 2. The van der Waals surface area contributed by atoms with Gasteiger partial charge in [0, 0.05) is 6.54 Å². The van der Waals surface area contributed by atoms with Crippen molar-refractivity contribution in [1.82, 2.24) is 15.1 Å².